The number of carbonyl (C=O) groups is 1. The molecule has 1 nitrogen and oxygen atoms in total. The van der Waals surface area contributed by atoms with E-state index in [2.05, 4.69) is 0 Å². The van der Waals surface area contributed by atoms with Crippen LogP contribution >= 0.6 is 23.2 Å². The molecule has 0 atom stereocenters. The summed E-state index contributed by atoms with van der Waals surface area (Å²) in [6.45, 7) is 0. The Labute approximate surface area is 64.3 Å². The van der Waals surface area contributed by atoms with Crippen LogP contribution in [0.3, 0.4) is 0 Å². The highest BCUT2D eigenvalue weighted by molar-refractivity contribution is 6.50. The molecule has 3 heteroatoms. The van der Waals surface area contributed by atoms with Crippen LogP contribution < -0.4 is 0 Å². The maximum Gasteiger partial charge on any atom is 0.133 e. The normalized spacial score (nSPS) is 26.2. The van der Waals surface area contributed by atoms with Crippen LogP contribution in [0.25, 0.3) is 0 Å². The first-order valence-electron chi connectivity index (χ1n) is 3.00. The molecule has 0 spiro atoms. The summed E-state index contributed by atoms with van der Waals surface area (Å²) in [5.41, 5.74) is 0. The van der Waals surface area contributed by atoms with Crippen molar-refractivity contribution in [1.29, 1.82) is 0 Å². The summed E-state index contributed by atoms with van der Waals surface area (Å²) in [5.74, 6) is 0.417. The van der Waals surface area contributed by atoms with Gasteiger partial charge in [0, 0.05) is 12.8 Å². The van der Waals surface area contributed by atoms with Gasteiger partial charge in [0.2, 0.25) is 0 Å². The van der Waals surface area contributed by atoms with Crippen molar-refractivity contribution in [3.8, 4) is 0 Å². The van der Waals surface area contributed by atoms with Gasteiger partial charge in [-0.1, -0.05) is 0 Å². The van der Waals surface area contributed by atoms with E-state index in [9.17, 15) is 4.79 Å². The molecular formula is C6H8Cl2O. The fourth-order valence-electron chi connectivity index (χ4n) is 0.146. The lowest BCUT2D eigenvalue weighted by molar-refractivity contribution is -0.109. The van der Waals surface area contributed by atoms with E-state index in [1.807, 2.05) is 0 Å². The van der Waals surface area contributed by atoms with Crippen molar-refractivity contribution in [1.82, 2.24) is 0 Å². The first-order chi connectivity index (χ1) is 4.10. The summed E-state index contributed by atoms with van der Waals surface area (Å²) < 4.78 is -0.306. The number of ketones is 1. The standard InChI is InChI=1S/C3H4Cl2.C3H4O/c4-3(5)1-2-3;4-3-1-2-3/h1-2H2;1-2H2. The predicted octanol–water partition coefficient (Wildman–Crippen LogP) is 2.30. The molecular weight excluding hydrogens is 159 g/mol. The fourth-order valence-corrected chi connectivity index (χ4v) is 0.335. The maximum atomic E-state index is 9.56. The topological polar surface area (TPSA) is 17.1 Å². The van der Waals surface area contributed by atoms with E-state index in [1.165, 1.54) is 0 Å². The van der Waals surface area contributed by atoms with Crippen LogP contribution in [0.5, 0.6) is 0 Å². The highest BCUT2D eigenvalue weighted by Gasteiger charge is 2.37. The third kappa shape index (κ3) is 4.73. The van der Waals surface area contributed by atoms with Gasteiger partial charge in [0.25, 0.3) is 0 Å². The second kappa shape index (κ2) is 2.47. The van der Waals surface area contributed by atoms with Crippen molar-refractivity contribution in [3.05, 3.63) is 0 Å². The Hall–Kier alpha value is 0.250. The molecule has 0 amide bonds. The Kier molecular flexibility index (Phi) is 2.02. The summed E-state index contributed by atoms with van der Waals surface area (Å²) in [4.78, 5) is 9.56. The van der Waals surface area contributed by atoms with Crippen LogP contribution in [-0.4, -0.2) is 10.1 Å². The number of halogens is 2. The van der Waals surface area contributed by atoms with Crippen molar-refractivity contribution < 1.29 is 4.79 Å². The molecule has 0 unspecified atom stereocenters. The Morgan fingerprint density at radius 2 is 1.44 bits per heavy atom. The summed E-state index contributed by atoms with van der Waals surface area (Å²) in [6, 6.07) is 0. The van der Waals surface area contributed by atoms with Crippen LogP contribution in [0.2, 0.25) is 0 Å². The van der Waals surface area contributed by atoms with E-state index >= 15 is 0 Å². The molecule has 0 N–H and O–H groups in total. The first-order valence-corrected chi connectivity index (χ1v) is 3.75. The second-order valence-corrected chi connectivity index (χ2v) is 4.04. The van der Waals surface area contributed by atoms with E-state index in [0.717, 1.165) is 25.7 Å². The smallest absolute Gasteiger partial charge is 0.133 e. The minimum Gasteiger partial charge on any atom is -0.300 e. The Balaban J connectivity index is 0.0000000922. The van der Waals surface area contributed by atoms with Crippen molar-refractivity contribution in [2.24, 2.45) is 0 Å². The minimum atomic E-state index is -0.306. The van der Waals surface area contributed by atoms with Crippen molar-refractivity contribution in [2.45, 2.75) is 30.0 Å². The first kappa shape index (κ1) is 7.36. The molecule has 0 aromatic rings. The monoisotopic (exact) mass is 166 g/mol. The minimum absolute atomic E-state index is 0.306. The summed E-state index contributed by atoms with van der Waals surface area (Å²) in [5, 5.41) is 0. The summed E-state index contributed by atoms with van der Waals surface area (Å²) in [7, 11) is 0. The molecule has 0 heterocycles. The number of hydrogen-bond acceptors (Lipinski definition) is 1. The average Bonchev–Trinajstić information content (AvgIpc) is 2.54. The quantitative estimate of drug-likeness (QED) is 0.506. The van der Waals surface area contributed by atoms with Crippen LogP contribution in [0.15, 0.2) is 0 Å². The largest absolute Gasteiger partial charge is 0.300 e. The van der Waals surface area contributed by atoms with Gasteiger partial charge in [0.15, 0.2) is 0 Å². The van der Waals surface area contributed by atoms with Gasteiger partial charge in [-0.15, -0.1) is 23.2 Å². The van der Waals surface area contributed by atoms with Crippen LogP contribution in [0, 0.1) is 0 Å². The lowest BCUT2D eigenvalue weighted by Gasteiger charge is -1.79. The van der Waals surface area contributed by atoms with Crippen LogP contribution in [0.4, 0.5) is 0 Å². The Morgan fingerprint density at radius 3 is 1.44 bits per heavy atom. The lowest BCUT2D eigenvalue weighted by atomic mass is 10.9. The molecule has 0 aliphatic heterocycles. The molecule has 2 rings (SSSR count). The average molecular weight is 167 g/mol. The zero-order chi connectivity index (χ0) is 6.91. The van der Waals surface area contributed by atoms with Crippen LogP contribution in [0.1, 0.15) is 25.7 Å². The summed E-state index contributed by atoms with van der Waals surface area (Å²) in [6.07, 6.45) is 3.66. The lowest BCUT2D eigenvalue weighted by Crippen LogP contribution is -1.73. The SMILES string of the molecule is ClC1(Cl)CC1.O=C1CC1. The highest BCUT2D eigenvalue weighted by atomic mass is 35.5. The van der Waals surface area contributed by atoms with E-state index in [4.69, 9.17) is 23.2 Å². The molecule has 0 bridgehead atoms. The second-order valence-electron chi connectivity index (χ2n) is 2.39. The molecule has 0 saturated heterocycles. The fraction of sp³-hybridized carbons (Fsp3) is 0.833. The Morgan fingerprint density at radius 1 is 1.22 bits per heavy atom. The molecule has 0 aromatic heterocycles. The van der Waals surface area contributed by atoms with Gasteiger partial charge in [-0.2, -0.15) is 0 Å². The molecule has 0 radical (unpaired) electrons. The number of Topliss-reactive ketones (excluding diaryl/α,β-unsaturated/α-hetero) is 1. The van der Waals surface area contributed by atoms with Gasteiger partial charge in [-0.3, -0.25) is 4.79 Å². The third-order valence-corrected chi connectivity index (χ3v) is 1.84. The molecule has 2 aliphatic carbocycles. The Bertz CT molecular complexity index is 119. The molecule has 2 saturated carbocycles. The highest BCUT2D eigenvalue weighted by Crippen LogP contribution is 2.46. The van der Waals surface area contributed by atoms with Crippen molar-refractivity contribution in [2.75, 3.05) is 0 Å². The van der Waals surface area contributed by atoms with Gasteiger partial charge >= 0.3 is 0 Å². The predicted molar refractivity (Wildman–Crippen MR) is 37.9 cm³/mol. The van der Waals surface area contributed by atoms with Gasteiger partial charge in [-0.05, 0) is 12.8 Å². The van der Waals surface area contributed by atoms with Gasteiger partial charge in [-0.25, -0.2) is 0 Å². The van der Waals surface area contributed by atoms with Crippen LogP contribution in [-0.2, 0) is 4.79 Å². The van der Waals surface area contributed by atoms with E-state index in [1.54, 1.807) is 0 Å². The molecule has 52 valence electrons. The molecule has 9 heavy (non-hydrogen) atoms. The number of alkyl halides is 2. The number of hydrogen-bond donors (Lipinski definition) is 0. The maximum absolute atomic E-state index is 9.56. The van der Waals surface area contributed by atoms with Crippen molar-refractivity contribution in [3.63, 3.8) is 0 Å². The summed E-state index contributed by atoms with van der Waals surface area (Å²) >= 11 is 10.8. The molecule has 2 aliphatic rings. The molecule has 2 fully saturated rings. The van der Waals surface area contributed by atoms with E-state index < -0.39 is 0 Å². The van der Waals surface area contributed by atoms with Gasteiger partial charge in [0.1, 0.15) is 10.1 Å². The van der Waals surface area contributed by atoms with E-state index in [-0.39, 0.29) is 4.33 Å². The van der Waals surface area contributed by atoms with Gasteiger partial charge in [0.05, 0.1) is 0 Å². The number of carbonyl (C=O) groups excluding carboxylic acids is 1. The third-order valence-electron chi connectivity index (χ3n) is 1.08. The molecule has 0 aromatic carbocycles. The number of rotatable bonds is 0. The van der Waals surface area contributed by atoms with Crippen molar-refractivity contribution >= 4 is 29.0 Å². The zero-order valence-corrected chi connectivity index (χ0v) is 6.50. The van der Waals surface area contributed by atoms with E-state index in [0.29, 0.717) is 5.78 Å². The zero-order valence-electron chi connectivity index (χ0n) is 4.99. The van der Waals surface area contributed by atoms with Gasteiger partial charge < -0.3 is 0 Å².